The summed E-state index contributed by atoms with van der Waals surface area (Å²) in [6, 6.07) is 12.1. The summed E-state index contributed by atoms with van der Waals surface area (Å²) in [5.74, 6) is 0.267. The van der Waals surface area contributed by atoms with Gasteiger partial charge in [-0.2, -0.15) is 0 Å². The van der Waals surface area contributed by atoms with Crippen LogP contribution in [-0.4, -0.2) is 50.5 Å². The molecule has 40 heavy (non-hydrogen) atoms. The van der Waals surface area contributed by atoms with Crippen LogP contribution in [0.5, 0.6) is 5.75 Å². The highest BCUT2D eigenvalue weighted by atomic mass is 35.5. The number of hydrogen-bond donors (Lipinski definition) is 1. The van der Waals surface area contributed by atoms with Crippen molar-refractivity contribution < 1.29 is 17.9 Å². The number of rotatable bonds is 11. The third-order valence-corrected chi connectivity index (χ3v) is 10.3. The van der Waals surface area contributed by atoms with Crippen molar-refractivity contribution in [3.63, 3.8) is 0 Å². The number of amides is 1. The van der Waals surface area contributed by atoms with E-state index < -0.39 is 10.0 Å². The second-order valence-electron chi connectivity index (χ2n) is 9.39. The molecule has 1 fully saturated rings. The van der Waals surface area contributed by atoms with Gasteiger partial charge in [0.05, 0.1) is 29.6 Å². The van der Waals surface area contributed by atoms with E-state index in [1.807, 2.05) is 24.3 Å². The maximum Gasteiger partial charge on any atom is 0.276 e. The van der Waals surface area contributed by atoms with Crippen LogP contribution in [0.3, 0.4) is 0 Å². The van der Waals surface area contributed by atoms with Gasteiger partial charge in [0, 0.05) is 24.1 Å². The Labute approximate surface area is 256 Å². The average molecular weight is 648 g/mol. The molecule has 4 rings (SSSR count). The number of ether oxygens (including phenoxy) is 1. The second kappa shape index (κ2) is 14.7. The van der Waals surface area contributed by atoms with Gasteiger partial charge >= 0.3 is 0 Å². The topological polar surface area (TPSA) is 91.8 Å². The molecule has 0 atom stereocenters. The van der Waals surface area contributed by atoms with Crippen molar-refractivity contribution in [3.05, 3.63) is 63.8 Å². The van der Waals surface area contributed by atoms with Crippen LogP contribution in [0.15, 0.2) is 46.7 Å². The third-order valence-electron chi connectivity index (χ3n) is 6.35. The van der Waals surface area contributed by atoms with Gasteiger partial charge in [0.2, 0.25) is 5.91 Å². The lowest BCUT2D eigenvalue weighted by molar-refractivity contribution is -0.114. The van der Waals surface area contributed by atoms with Gasteiger partial charge in [-0.1, -0.05) is 59.2 Å². The van der Waals surface area contributed by atoms with Crippen LogP contribution in [0.25, 0.3) is 0 Å². The summed E-state index contributed by atoms with van der Waals surface area (Å²) in [6.07, 6.45) is 4.66. The number of carbonyl (C=O) groups excluding carboxylic acids is 1. The highest BCUT2D eigenvalue weighted by Crippen LogP contribution is 2.38. The van der Waals surface area contributed by atoms with Gasteiger partial charge < -0.3 is 15.0 Å². The number of carbonyl (C=O) groups is 1. The minimum absolute atomic E-state index is 0. The van der Waals surface area contributed by atoms with E-state index in [1.54, 1.807) is 19.1 Å². The summed E-state index contributed by atoms with van der Waals surface area (Å²) in [4.78, 5) is 18.2. The number of aryl methyl sites for hydroxylation is 1. The number of hydrogen-bond acceptors (Lipinski definition) is 7. The predicted molar refractivity (Wildman–Crippen MR) is 165 cm³/mol. The van der Waals surface area contributed by atoms with Crippen molar-refractivity contribution in [1.29, 1.82) is 0 Å². The molecule has 1 aromatic heterocycles. The molecule has 0 saturated carbocycles. The molecule has 1 N–H and O–H groups in total. The predicted octanol–water partition coefficient (Wildman–Crippen LogP) is 6.79. The molecule has 13 heteroatoms. The lowest BCUT2D eigenvalue weighted by Gasteiger charge is -2.27. The molecule has 1 amide bonds. The number of halogens is 3. The van der Waals surface area contributed by atoms with Crippen LogP contribution in [-0.2, 0) is 21.4 Å². The maximum atomic E-state index is 14.1. The molecule has 1 aliphatic rings. The van der Waals surface area contributed by atoms with Crippen molar-refractivity contribution in [2.45, 2.75) is 50.3 Å². The van der Waals surface area contributed by atoms with Crippen LogP contribution >= 0.6 is 46.9 Å². The molecule has 218 valence electrons. The first kappa shape index (κ1) is 32.4. The molecule has 2 aromatic carbocycles. The van der Waals surface area contributed by atoms with Crippen molar-refractivity contribution in [3.8, 4) is 5.75 Å². The first-order chi connectivity index (χ1) is 18.6. The summed E-state index contributed by atoms with van der Waals surface area (Å²) in [5, 5.41) is 3.34. The molecule has 8 nitrogen and oxygen atoms in total. The fourth-order valence-electron chi connectivity index (χ4n) is 4.49. The van der Waals surface area contributed by atoms with E-state index in [9.17, 15) is 13.2 Å². The van der Waals surface area contributed by atoms with Gasteiger partial charge in [-0.25, -0.2) is 13.4 Å². The fourth-order valence-corrected chi connectivity index (χ4v) is 7.93. The molecule has 2 heterocycles. The minimum atomic E-state index is -4.16. The Kier molecular flexibility index (Phi) is 11.9. The standard InChI is InChI=1S/C27H32Cl2N4O4S2.ClH/c1-19-26(38-27(30-19)31-20(2)34)39(35,36)33(24-17-22(28)11-12-23(24)29)18-21-9-4-5-10-25(21)37-16-8-15-32-13-6-3-7-14-32;/h4-5,9-12,17H,3,6-8,13-16,18H2,1-2H3,(H,30,31,34);1H. The number of nitrogens with zero attached hydrogens (tertiary/aromatic N) is 3. The number of thiazole rings is 1. The zero-order valence-electron chi connectivity index (χ0n) is 22.4. The highest BCUT2D eigenvalue weighted by molar-refractivity contribution is 7.94. The number of sulfonamides is 1. The Morgan fingerprint density at radius 1 is 1.15 bits per heavy atom. The van der Waals surface area contributed by atoms with Gasteiger partial charge in [-0.3, -0.25) is 9.10 Å². The molecule has 0 aliphatic carbocycles. The molecular weight excluding hydrogens is 615 g/mol. The zero-order chi connectivity index (χ0) is 28.0. The molecule has 0 unspecified atom stereocenters. The van der Waals surface area contributed by atoms with Gasteiger partial charge in [-0.05, 0) is 63.5 Å². The normalized spacial score (nSPS) is 13.9. The van der Waals surface area contributed by atoms with Crippen LogP contribution in [0.1, 0.15) is 43.9 Å². The van der Waals surface area contributed by atoms with Crippen molar-refractivity contribution in [2.24, 2.45) is 0 Å². The average Bonchev–Trinajstić information content (AvgIpc) is 3.28. The molecule has 0 spiro atoms. The molecule has 0 radical (unpaired) electrons. The van der Waals surface area contributed by atoms with Crippen LogP contribution in [0.2, 0.25) is 10.0 Å². The highest BCUT2D eigenvalue weighted by Gasteiger charge is 2.32. The Hall–Kier alpha value is -2.08. The van der Waals surface area contributed by atoms with Gasteiger partial charge in [0.1, 0.15) is 5.75 Å². The van der Waals surface area contributed by atoms with E-state index in [0.29, 0.717) is 22.9 Å². The maximum absolute atomic E-state index is 14.1. The second-order valence-corrected chi connectivity index (χ2v) is 13.3. The Bertz CT molecular complexity index is 1410. The first-order valence-electron chi connectivity index (χ1n) is 12.8. The number of likely N-dealkylation sites (tertiary alicyclic amines) is 1. The van der Waals surface area contributed by atoms with Crippen molar-refractivity contribution >= 4 is 73.7 Å². The SMILES string of the molecule is CC(=O)Nc1nc(C)c(S(=O)(=O)N(Cc2ccccc2OCCCN2CCCCC2)c2cc(Cl)ccc2Cl)s1.Cl. The number of nitrogens with one attached hydrogen (secondary N) is 1. The number of anilines is 2. The summed E-state index contributed by atoms with van der Waals surface area (Å²) in [5.41, 5.74) is 1.19. The van der Waals surface area contributed by atoms with Gasteiger partial charge in [-0.15, -0.1) is 12.4 Å². The number of benzene rings is 2. The minimum Gasteiger partial charge on any atom is -0.493 e. The molecular formula is C27H33Cl3N4O4S2. The van der Waals surface area contributed by atoms with E-state index in [1.165, 1.54) is 36.6 Å². The summed E-state index contributed by atoms with van der Waals surface area (Å²) >= 11 is 13.7. The number of aromatic nitrogens is 1. The molecule has 1 aliphatic heterocycles. The molecule has 3 aromatic rings. The quantitative estimate of drug-likeness (QED) is 0.231. The van der Waals surface area contributed by atoms with Crippen LogP contribution in [0, 0.1) is 6.92 Å². The lowest BCUT2D eigenvalue weighted by atomic mass is 10.1. The Balaban J connectivity index is 0.00000441. The Morgan fingerprint density at radius 3 is 2.60 bits per heavy atom. The van der Waals surface area contributed by atoms with E-state index in [4.69, 9.17) is 27.9 Å². The summed E-state index contributed by atoms with van der Waals surface area (Å²) in [7, 11) is -4.16. The summed E-state index contributed by atoms with van der Waals surface area (Å²) < 4.78 is 35.6. The lowest BCUT2D eigenvalue weighted by Crippen LogP contribution is -2.31. The van der Waals surface area contributed by atoms with Gasteiger partial charge in [0.25, 0.3) is 10.0 Å². The van der Waals surface area contributed by atoms with Crippen LogP contribution < -0.4 is 14.4 Å². The number of para-hydroxylation sites is 1. The van der Waals surface area contributed by atoms with Crippen molar-refractivity contribution in [2.75, 3.05) is 35.9 Å². The van der Waals surface area contributed by atoms with E-state index in [2.05, 4.69) is 15.2 Å². The largest absolute Gasteiger partial charge is 0.493 e. The monoisotopic (exact) mass is 646 g/mol. The van der Waals surface area contributed by atoms with Crippen molar-refractivity contribution in [1.82, 2.24) is 9.88 Å². The smallest absolute Gasteiger partial charge is 0.276 e. The van der Waals surface area contributed by atoms with E-state index in [-0.39, 0.29) is 50.6 Å². The first-order valence-corrected chi connectivity index (χ1v) is 15.8. The third kappa shape index (κ3) is 8.24. The number of piperidine rings is 1. The fraction of sp³-hybridized carbons (Fsp3) is 0.407. The summed E-state index contributed by atoms with van der Waals surface area (Å²) in [6.45, 7) is 6.64. The zero-order valence-corrected chi connectivity index (χ0v) is 26.3. The van der Waals surface area contributed by atoms with E-state index in [0.717, 1.165) is 37.4 Å². The van der Waals surface area contributed by atoms with E-state index >= 15 is 0 Å². The van der Waals surface area contributed by atoms with Crippen LogP contribution in [0.4, 0.5) is 10.8 Å². The van der Waals surface area contributed by atoms with Gasteiger partial charge in [0.15, 0.2) is 9.34 Å². The molecule has 1 saturated heterocycles. The Morgan fingerprint density at radius 2 is 1.88 bits per heavy atom. The molecule has 0 bridgehead atoms.